The van der Waals surface area contributed by atoms with Crippen molar-refractivity contribution >= 4 is 5.91 Å². The third kappa shape index (κ3) is 3.45. The number of carbonyl (C=O) groups is 1. The molecule has 1 aliphatic heterocycles. The van der Waals surface area contributed by atoms with E-state index in [4.69, 9.17) is 0 Å². The summed E-state index contributed by atoms with van der Waals surface area (Å²) in [6.07, 6.45) is 4.38. The summed E-state index contributed by atoms with van der Waals surface area (Å²) < 4.78 is 0. The first-order chi connectivity index (χ1) is 10.5. The standard InChI is InChI=1S/C15H26N6O/c1-11(2)19(3)13-6-8-20(9-7-13)14(22)10-21-17-15(16-18-21)12-4-5-12/h11-13H,4-10H2,1-3H3. The van der Waals surface area contributed by atoms with Crippen molar-refractivity contribution in [2.24, 2.45) is 0 Å². The maximum Gasteiger partial charge on any atom is 0.246 e. The molecule has 7 heteroatoms. The molecule has 2 heterocycles. The predicted molar refractivity (Wildman–Crippen MR) is 82.3 cm³/mol. The van der Waals surface area contributed by atoms with Gasteiger partial charge in [0.15, 0.2) is 5.82 Å². The van der Waals surface area contributed by atoms with Gasteiger partial charge in [0.25, 0.3) is 0 Å². The molecule has 1 aliphatic carbocycles. The molecule has 0 bridgehead atoms. The van der Waals surface area contributed by atoms with E-state index >= 15 is 0 Å². The molecule has 0 aromatic carbocycles. The smallest absolute Gasteiger partial charge is 0.246 e. The Hall–Kier alpha value is -1.50. The molecular formula is C15H26N6O. The molecule has 0 atom stereocenters. The van der Waals surface area contributed by atoms with Gasteiger partial charge in [-0.05, 0) is 51.8 Å². The van der Waals surface area contributed by atoms with Crippen LogP contribution in [-0.4, -0.2) is 68.1 Å². The fourth-order valence-electron chi connectivity index (χ4n) is 2.99. The highest BCUT2D eigenvalue weighted by Gasteiger charge is 2.29. The summed E-state index contributed by atoms with van der Waals surface area (Å²) in [5.41, 5.74) is 0. The lowest BCUT2D eigenvalue weighted by atomic mass is 10.0. The molecule has 0 N–H and O–H groups in total. The van der Waals surface area contributed by atoms with Crippen molar-refractivity contribution in [3.05, 3.63) is 5.82 Å². The lowest BCUT2D eigenvalue weighted by molar-refractivity contribution is -0.133. The van der Waals surface area contributed by atoms with Gasteiger partial charge in [-0.25, -0.2) is 0 Å². The first-order valence-corrected chi connectivity index (χ1v) is 8.32. The summed E-state index contributed by atoms with van der Waals surface area (Å²) in [6.45, 7) is 6.29. The predicted octanol–water partition coefficient (Wildman–Crippen LogP) is 0.882. The summed E-state index contributed by atoms with van der Waals surface area (Å²) >= 11 is 0. The van der Waals surface area contributed by atoms with Gasteiger partial charge in [-0.1, -0.05) is 0 Å². The lowest BCUT2D eigenvalue weighted by Gasteiger charge is -2.38. The molecule has 1 amide bonds. The number of hydrogen-bond donors (Lipinski definition) is 0. The van der Waals surface area contributed by atoms with Gasteiger partial charge in [-0.2, -0.15) is 4.80 Å². The van der Waals surface area contributed by atoms with Gasteiger partial charge >= 0.3 is 0 Å². The first-order valence-electron chi connectivity index (χ1n) is 8.32. The van der Waals surface area contributed by atoms with Gasteiger partial charge in [-0.3, -0.25) is 4.79 Å². The molecular weight excluding hydrogens is 280 g/mol. The van der Waals surface area contributed by atoms with Gasteiger partial charge in [0.05, 0.1) is 0 Å². The van der Waals surface area contributed by atoms with Crippen LogP contribution in [0, 0.1) is 0 Å². The summed E-state index contributed by atoms with van der Waals surface area (Å²) in [5.74, 6) is 1.38. The molecule has 1 aromatic rings. The third-order valence-electron chi connectivity index (χ3n) is 4.90. The fourth-order valence-corrected chi connectivity index (χ4v) is 2.99. The maximum atomic E-state index is 12.4. The van der Waals surface area contributed by atoms with Gasteiger partial charge in [-0.15, -0.1) is 10.2 Å². The van der Waals surface area contributed by atoms with Crippen LogP contribution in [0.15, 0.2) is 0 Å². The Morgan fingerprint density at radius 2 is 1.95 bits per heavy atom. The molecule has 3 rings (SSSR count). The first kappa shape index (κ1) is 15.4. The molecule has 1 saturated carbocycles. The minimum Gasteiger partial charge on any atom is -0.341 e. The number of amides is 1. The molecule has 1 aromatic heterocycles. The van der Waals surface area contributed by atoms with E-state index in [0.717, 1.165) is 44.6 Å². The van der Waals surface area contributed by atoms with Gasteiger partial charge in [0.2, 0.25) is 5.91 Å². The van der Waals surface area contributed by atoms with E-state index in [0.29, 0.717) is 18.0 Å². The highest BCUT2D eigenvalue weighted by atomic mass is 16.2. The lowest BCUT2D eigenvalue weighted by Crippen LogP contribution is -2.48. The number of likely N-dealkylation sites (tertiary alicyclic amines) is 1. The topological polar surface area (TPSA) is 67.2 Å². The minimum absolute atomic E-state index is 0.102. The monoisotopic (exact) mass is 306 g/mol. The number of nitrogens with zero attached hydrogens (tertiary/aromatic N) is 6. The average molecular weight is 306 g/mol. The largest absolute Gasteiger partial charge is 0.341 e. The Morgan fingerprint density at radius 3 is 2.55 bits per heavy atom. The average Bonchev–Trinajstić information content (AvgIpc) is 3.27. The van der Waals surface area contributed by atoms with Gasteiger partial charge < -0.3 is 9.80 Å². The summed E-state index contributed by atoms with van der Waals surface area (Å²) in [7, 11) is 2.17. The normalized spacial score (nSPS) is 20.1. The Bertz CT molecular complexity index is 516. The number of tetrazole rings is 1. The van der Waals surface area contributed by atoms with Crippen molar-refractivity contribution in [2.75, 3.05) is 20.1 Å². The highest BCUT2D eigenvalue weighted by Crippen LogP contribution is 2.37. The zero-order valence-electron chi connectivity index (χ0n) is 13.8. The summed E-state index contributed by atoms with van der Waals surface area (Å²) in [6, 6.07) is 1.13. The van der Waals surface area contributed by atoms with Gasteiger partial charge in [0, 0.05) is 31.1 Å². The van der Waals surface area contributed by atoms with E-state index in [1.54, 1.807) is 0 Å². The Kier molecular flexibility index (Phi) is 4.42. The second-order valence-electron chi connectivity index (χ2n) is 6.82. The Labute approximate surface area is 131 Å². The Balaban J connectivity index is 1.49. The fraction of sp³-hybridized carbons (Fsp3) is 0.867. The van der Waals surface area contributed by atoms with E-state index in [-0.39, 0.29) is 12.5 Å². The zero-order valence-corrected chi connectivity index (χ0v) is 13.8. The van der Waals surface area contributed by atoms with Crippen LogP contribution in [0.5, 0.6) is 0 Å². The van der Waals surface area contributed by atoms with E-state index in [9.17, 15) is 4.79 Å². The molecule has 2 fully saturated rings. The zero-order chi connectivity index (χ0) is 15.7. The minimum atomic E-state index is 0.102. The molecule has 0 unspecified atom stereocenters. The van der Waals surface area contributed by atoms with E-state index < -0.39 is 0 Å². The molecule has 0 spiro atoms. The van der Waals surface area contributed by atoms with Crippen molar-refractivity contribution in [1.82, 2.24) is 30.0 Å². The van der Waals surface area contributed by atoms with E-state index in [2.05, 4.69) is 41.2 Å². The van der Waals surface area contributed by atoms with E-state index in [1.807, 2.05) is 4.90 Å². The van der Waals surface area contributed by atoms with Crippen LogP contribution in [0.4, 0.5) is 0 Å². The third-order valence-corrected chi connectivity index (χ3v) is 4.90. The van der Waals surface area contributed by atoms with Crippen LogP contribution in [0.3, 0.4) is 0 Å². The van der Waals surface area contributed by atoms with Crippen LogP contribution in [0.2, 0.25) is 0 Å². The summed E-state index contributed by atoms with van der Waals surface area (Å²) in [5, 5.41) is 12.3. The second-order valence-corrected chi connectivity index (χ2v) is 6.82. The number of aromatic nitrogens is 4. The van der Waals surface area contributed by atoms with Crippen molar-refractivity contribution in [3.63, 3.8) is 0 Å². The van der Waals surface area contributed by atoms with Crippen LogP contribution in [0.25, 0.3) is 0 Å². The summed E-state index contributed by atoms with van der Waals surface area (Å²) in [4.78, 5) is 18.1. The van der Waals surface area contributed by atoms with Crippen molar-refractivity contribution < 1.29 is 4.79 Å². The van der Waals surface area contributed by atoms with Gasteiger partial charge in [0.1, 0.15) is 6.54 Å². The van der Waals surface area contributed by atoms with Crippen LogP contribution in [-0.2, 0) is 11.3 Å². The molecule has 2 aliphatic rings. The van der Waals surface area contributed by atoms with Crippen molar-refractivity contribution in [1.29, 1.82) is 0 Å². The van der Waals surface area contributed by atoms with Crippen molar-refractivity contribution in [2.45, 2.75) is 64.1 Å². The molecule has 122 valence electrons. The molecule has 7 nitrogen and oxygen atoms in total. The van der Waals surface area contributed by atoms with Crippen LogP contribution >= 0.6 is 0 Å². The number of piperidine rings is 1. The molecule has 22 heavy (non-hydrogen) atoms. The van der Waals surface area contributed by atoms with E-state index in [1.165, 1.54) is 4.80 Å². The molecule has 1 saturated heterocycles. The SMILES string of the molecule is CC(C)N(C)C1CCN(C(=O)Cn2nnc(C3CC3)n2)CC1. The number of rotatable bonds is 5. The Morgan fingerprint density at radius 1 is 1.27 bits per heavy atom. The number of carbonyl (C=O) groups excluding carboxylic acids is 1. The van der Waals surface area contributed by atoms with Crippen LogP contribution < -0.4 is 0 Å². The number of hydrogen-bond acceptors (Lipinski definition) is 5. The van der Waals surface area contributed by atoms with Crippen molar-refractivity contribution in [3.8, 4) is 0 Å². The maximum absolute atomic E-state index is 12.4. The second kappa shape index (κ2) is 6.32. The molecule has 0 radical (unpaired) electrons. The van der Waals surface area contributed by atoms with Crippen LogP contribution in [0.1, 0.15) is 51.3 Å². The quantitative estimate of drug-likeness (QED) is 0.808. The highest BCUT2D eigenvalue weighted by molar-refractivity contribution is 5.75.